The van der Waals surface area contributed by atoms with E-state index in [0.717, 1.165) is 23.2 Å². The number of nitrogens with zero attached hydrogens (tertiary/aromatic N) is 5. The lowest BCUT2D eigenvalue weighted by atomic mass is 10.2. The van der Waals surface area contributed by atoms with Crippen molar-refractivity contribution in [1.29, 1.82) is 0 Å². The Morgan fingerprint density at radius 2 is 1.87 bits per heavy atom. The van der Waals surface area contributed by atoms with Gasteiger partial charge in [0, 0.05) is 55.1 Å². The molecule has 0 bridgehead atoms. The standard InChI is InChI=1S/C21H22BrN7O2/c1-14(30)27-4-6-28(7-5-27)19-2-3-20(24-12-19)29-13-15(11-25-29)21(31)26-18-9-16(22)8-17(23)10-18/h2-3,8-13H,4-7,23H2,1H3,(H,26,31). The van der Waals surface area contributed by atoms with Gasteiger partial charge in [0.25, 0.3) is 5.91 Å². The van der Waals surface area contributed by atoms with E-state index in [2.05, 4.69) is 36.2 Å². The number of amides is 2. The van der Waals surface area contributed by atoms with Crippen LogP contribution in [0, 0.1) is 0 Å². The van der Waals surface area contributed by atoms with E-state index in [1.54, 1.807) is 42.2 Å². The normalized spacial score (nSPS) is 13.9. The van der Waals surface area contributed by atoms with Crippen LogP contribution in [-0.4, -0.2) is 57.7 Å². The molecule has 4 rings (SSSR count). The molecule has 1 aliphatic heterocycles. The van der Waals surface area contributed by atoms with Gasteiger partial charge in [-0.2, -0.15) is 5.10 Å². The molecule has 160 valence electrons. The molecule has 0 radical (unpaired) electrons. The summed E-state index contributed by atoms with van der Waals surface area (Å²) >= 11 is 3.36. The fourth-order valence-corrected chi connectivity index (χ4v) is 3.94. The van der Waals surface area contributed by atoms with Gasteiger partial charge in [0.1, 0.15) is 0 Å². The molecule has 3 heterocycles. The highest BCUT2D eigenvalue weighted by molar-refractivity contribution is 9.10. The Morgan fingerprint density at radius 3 is 2.52 bits per heavy atom. The molecule has 10 heteroatoms. The minimum Gasteiger partial charge on any atom is -0.399 e. The third kappa shape index (κ3) is 4.85. The van der Waals surface area contributed by atoms with E-state index >= 15 is 0 Å². The lowest BCUT2D eigenvalue weighted by molar-refractivity contribution is -0.129. The van der Waals surface area contributed by atoms with Crippen molar-refractivity contribution in [3.05, 3.63) is 59.0 Å². The topological polar surface area (TPSA) is 109 Å². The van der Waals surface area contributed by atoms with Gasteiger partial charge < -0.3 is 20.9 Å². The van der Waals surface area contributed by atoms with Gasteiger partial charge in [-0.1, -0.05) is 15.9 Å². The first-order chi connectivity index (χ1) is 14.9. The maximum atomic E-state index is 12.5. The Hall–Kier alpha value is -3.40. The van der Waals surface area contributed by atoms with Crippen LogP contribution in [0.3, 0.4) is 0 Å². The lowest BCUT2D eigenvalue weighted by Gasteiger charge is -2.35. The number of benzene rings is 1. The van der Waals surface area contributed by atoms with Crippen molar-refractivity contribution in [2.24, 2.45) is 0 Å². The molecule has 0 aliphatic carbocycles. The first-order valence-corrected chi connectivity index (χ1v) is 10.6. The zero-order chi connectivity index (χ0) is 22.0. The Bertz CT molecular complexity index is 1080. The van der Waals surface area contributed by atoms with Crippen molar-refractivity contribution in [2.75, 3.05) is 42.1 Å². The van der Waals surface area contributed by atoms with Gasteiger partial charge in [-0.15, -0.1) is 0 Å². The molecule has 0 unspecified atom stereocenters. The number of carbonyl (C=O) groups is 2. The highest BCUT2D eigenvalue weighted by Crippen LogP contribution is 2.22. The van der Waals surface area contributed by atoms with Crippen LogP contribution in [-0.2, 0) is 4.79 Å². The molecule has 2 aromatic heterocycles. The van der Waals surface area contributed by atoms with Crippen molar-refractivity contribution in [3.8, 4) is 5.82 Å². The lowest BCUT2D eigenvalue weighted by Crippen LogP contribution is -2.48. The van der Waals surface area contributed by atoms with Gasteiger partial charge in [0.15, 0.2) is 5.82 Å². The molecule has 0 spiro atoms. The van der Waals surface area contributed by atoms with Gasteiger partial charge in [-0.05, 0) is 30.3 Å². The van der Waals surface area contributed by atoms with Crippen LogP contribution >= 0.6 is 15.9 Å². The Labute approximate surface area is 188 Å². The zero-order valence-corrected chi connectivity index (χ0v) is 18.5. The van der Waals surface area contributed by atoms with Crippen molar-refractivity contribution in [1.82, 2.24) is 19.7 Å². The summed E-state index contributed by atoms with van der Waals surface area (Å²) in [5.41, 5.74) is 8.35. The van der Waals surface area contributed by atoms with Crippen molar-refractivity contribution >= 4 is 44.8 Å². The predicted molar refractivity (Wildman–Crippen MR) is 122 cm³/mol. The molecule has 1 aromatic carbocycles. The minimum atomic E-state index is -0.288. The Kier molecular flexibility index (Phi) is 5.90. The molecule has 3 N–H and O–H groups in total. The molecule has 1 fully saturated rings. The summed E-state index contributed by atoms with van der Waals surface area (Å²) in [6.45, 7) is 4.55. The molecular formula is C21H22BrN7O2. The molecule has 1 aliphatic rings. The van der Waals surface area contributed by atoms with E-state index in [4.69, 9.17) is 5.73 Å². The number of nitrogens with two attached hydrogens (primary N) is 1. The average Bonchev–Trinajstić information content (AvgIpc) is 3.24. The first-order valence-electron chi connectivity index (χ1n) is 9.78. The van der Waals surface area contributed by atoms with E-state index in [9.17, 15) is 9.59 Å². The molecule has 31 heavy (non-hydrogen) atoms. The van der Waals surface area contributed by atoms with Crippen LogP contribution in [0.2, 0.25) is 0 Å². The number of aromatic nitrogens is 3. The number of piperazine rings is 1. The van der Waals surface area contributed by atoms with Gasteiger partial charge in [-0.3, -0.25) is 9.59 Å². The molecule has 1 saturated heterocycles. The highest BCUT2D eigenvalue weighted by Gasteiger charge is 2.19. The maximum absolute atomic E-state index is 12.5. The largest absolute Gasteiger partial charge is 0.399 e. The monoisotopic (exact) mass is 483 g/mol. The van der Waals surface area contributed by atoms with Crippen molar-refractivity contribution in [2.45, 2.75) is 6.92 Å². The summed E-state index contributed by atoms with van der Waals surface area (Å²) in [6.07, 6.45) is 4.90. The zero-order valence-electron chi connectivity index (χ0n) is 17.0. The van der Waals surface area contributed by atoms with Crippen LogP contribution < -0.4 is 16.0 Å². The number of rotatable bonds is 4. The number of halogens is 1. The minimum absolute atomic E-state index is 0.106. The van der Waals surface area contributed by atoms with Gasteiger partial charge in [-0.25, -0.2) is 9.67 Å². The SMILES string of the molecule is CC(=O)N1CCN(c2ccc(-n3cc(C(=O)Nc4cc(N)cc(Br)c4)cn3)nc2)CC1. The summed E-state index contributed by atoms with van der Waals surface area (Å²) in [5, 5.41) is 7.07. The van der Waals surface area contributed by atoms with Gasteiger partial charge in [0.2, 0.25) is 5.91 Å². The number of carbonyl (C=O) groups excluding carboxylic acids is 2. The van der Waals surface area contributed by atoms with Crippen molar-refractivity contribution < 1.29 is 9.59 Å². The molecule has 0 saturated carbocycles. The Balaban J connectivity index is 1.42. The summed E-state index contributed by atoms with van der Waals surface area (Å²) < 4.78 is 2.34. The summed E-state index contributed by atoms with van der Waals surface area (Å²) in [6, 6.07) is 9.04. The van der Waals surface area contributed by atoms with E-state index in [1.165, 1.54) is 6.20 Å². The first kappa shape index (κ1) is 20.9. The van der Waals surface area contributed by atoms with Gasteiger partial charge >= 0.3 is 0 Å². The number of nitrogen functional groups attached to an aromatic ring is 1. The summed E-state index contributed by atoms with van der Waals surface area (Å²) in [4.78, 5) is 32.5. The smallest absolute Gasteiger partial charge is 0.258 e. The van der Waals surface area contributed by atoms with Crippen LogP contribution in [0.5, 0.6) is 0 Å². The van der Waals surface area contributed by atoms with Crippen LogP contribution in [0.25, 0.3) is 5.82 Å². The fourth-order valence-electron chi connectivity index (χ4n) is 3.43. The molecule has 3 aromatic rings. The van der Waals surface area contributed by atoms with Gasteiger partial charge in [0.05, 0.1) is 23.6 Å². The fraction of sp³-hybridized carbons (Fsp3) is 0.238. The molecule has 0 atom stereocenters. The number of nitrogens with one attached hydrogen (secondary N) is 1. The summed E-state index contributed by atoms with van der Waals surface area (Å²) in [5.74, 6) is 0.426. The molecular weight excluding hydrogens is 462 g/mol. The van der Waals surface area contributed by atoms with E-state index in [1.807, 2.05) is 17.0 Å². The van der Waals surface area contributed by atoms with Crippen LogP contribution in [0.4, 0.5) is 17.1 Å². The van der Waals surface area contributed by atoms with E-state index < -0.39 is 0 Å². The number of pyridine rings is 1. The van der Waals surface area contributed by atoms with E-state index in [0.29, 0.717) is 35.8 Å². The molecule has 9 nitrogen and oxygen atoms in total. The Morgan fingerprint density at radius 1 is 1.10 bits per heavy atom. The summed E-state index contributed by atoms with van der Waals surface area (Å²) in [7, 11) is 0. The quantitative estimate of drug-likeness (QED) is 0.551. The van der Waals surface area contributed by atoms with Crippen LogP contribution in [0.1, 0.15) is 17.3 Å². The number of hydrogen-bond acceptors (Lipinski definition) is 6. The second-order valence-electron chi connectivity index (χ2n) is 7.27. The highest BCUT2D eigenvalue weighted by atomic mass is 79.9. The second kappa shape index (κ2) is 8.76. The van der Waals surface area contributed by atoms with E-state index in [-0.39, 0.29) is 11.8 Å². The number of anilines is 3. The predicted octanol–water partition coefficient (Wildman–Crippen LogP) is 2.53. The third-order valence-electron chi connectivity index (χ3n) is 5.08. The number of hydrogen-bond donors (Lipinski definition) is 2. The average molecular weight is 484 g/mol. The molecule has 2 amide bonds. The second-order valence-corrected chi connectivity index (χ2v) is 8.18. The third-order valence-corrected chi connectivity index (χ3v) is 5.54. The van der Waals surface area contributed by atoms with Crippen LogP contribution in [0.15, 0.2) is 53.4 Å². The maximum Gasteiger partial charge on any atom is 0.258 e. The van der Waals surface area contributed by atoms with Crippen molar-refractivity contribution in [3.63, 3.8) is 0 Å².